The van der Waals surface area contributed by atoms with Crippen molar-refractivity contribution in [2.75, 3.05) is 39.6 Å². The maximum atomic E-state index is 13.1. The molecule has 0 amide bonds. The average molecular weight is 1440 g/mol. The van der Waals surface area contributed by atoms with Gasteiger partial charge in [-0.3, -0.25) is 37.3 Å². The van der Waals surface area contributed by atoms with Gasteiger partial charge in [-0.1, -0.05) is 256 Å². The minimum Gasteiger partial charge on any atom is -0.462 e. The highest BCUT2D eigenvalue weighted by Crippen LogP contribution is 2.45. The number of esters is 4. The number of allylic oxidation sites excluding steroid dienone is 27. The second-order valence-corrected chi connectivity index (χ2v) is 27.0. The fourth-order valence-electron chi connectivity index (χ4n) is 9.16. The predicted octanol–water partition coefficient (Wildman–Crippen LogP) is 21.4. The minimum atomic E-state index is -5.01. The molecule has 19 heteroatoms. The van der Waals surface area contributed by atoms with Crippen LogP contribution in [0.5, 0.6) is 0 Å². The summed E-state index contributed by atoms with van der Waals surface area (Å²) in [6, 6.07) is 0. The molecule has 0 aliphatic rings. The Bertz CT molecular complexity index is 2570. The van der Waals surface area contributed by atoms with Crippen molar-refractivity contribution >= 4 is 39.5 Å². The number of phosphoric acid groups is 2. The van der Waals surface area contributed by atoms with Gasteiger partial charge in [0.05, 0.1) is 32.8 Å². The second-order valence-electron chi connectivity index (χ2n) is 24.1. The molecule has 0 aromatic carbocycles. The number of aliphatic hydroxyl groups excluding tert-OH is 1. The molecule has 3 N–H and O–H groups in total. The molecule has 0 aliphatic carbocycles. The number of aliphatic hydroxyl groups is 1. The van der Waals surface area contributed by atoms with Crippen molar-refractivity contribution in [2.24, 2.45) is 0 Å². The van der Waals surface area contributed by atoms with Gasteiger partial charge in [-0.15, -0.1) is 0 Å². The second kappa shape index (κ2) is 71.8. The summed E-state index contributed by atoms with van der Waals surface area (Å²) in [4.78, 5) is 72.8. The molecule has 5 atom stereocenters. The van der Waals surface area contributed by atoms with E-state index in [9.17, 15) is 43.2 Å². The molecule has 17 nitrogen and oxygen atoms in total. The Labute approximate surface area is 603 Å². The summed E-state index contributed by atoms with van der Waals surface area (Å²) in [7, 11) is -10.0. The molecule has 0 aromatic heterocycles. The lowest BCUT2D eigenvalue weighted by molar-refractivity contribution is -0.161. The number of carbonyl (C=O) groups is 4. The van der Waals surface area contributed by atoms with Crippen molar-refractivity contribution in [1.82, 2.24) is 0 Å². The number of carbonyl (C=O) groups excluding carboxylic acids is 4. The van der Waals surface area contributed by atoms with Crippen LogP contribution in [0.1, 0.15) is 259 Å². The van der Waals surface area contributed by atoms with Gasteiger partial charge >= 0.3 is 39.5 Å². The Morgan fingerprint density at radius 2 is 0.530 bits per heavy atom. The Morgan fingerprint density at radius 1 is 0.290 bits per heavy atom. The van der Waals surface area contributed by atoms with Crippen molar-refractivity contribution in [3.63, 3.8) is 0 Å². The Balaban J connectivity index is 5.48. The third kappa shape index (κ3) is 70.8. The highest BCUT2D eigenvalue weighted by molar-refractivity contribution is 7.47. The average Bonchev–Trinajstić information content (AvgIpc) is 1.01. The first-order chi connectivity index (χ1) is 48.7. The van der Waals surface area contributed by atoms with Gasteiger partial charge in [-0.25, -0.2) is 9.13 Å². The zero-order chi connectivity index (χ0) is 73.2. The van der Waals surface area contributed by atoms with Crippen LogP contribution in [0.3, 0.4) is 0 Å². The summed E-state index contributed by atoms with van der Waals surface area (Å²) in [5.41, 5.74) is 0. The summed E-state index contributed by atoms with van der Waals surface area (Å²) in [5.74, 6) is -2.40. The molecule has 0 fully saturated rings. The smallest absolute Gasteiger partial charge is 0.462 e. The van der Waals surface area contributed by atoms with E-state index >= 15 is 0 Å². The third-order valence-corrected chi connectivity index (χ3v) is 16.6. The van der Waals surface area contributed by atoms with Crippen LogP contribution in [-0.2, 0) is 65.4 Å². The lowest BCUT2D eigenvalue weighted by Gasteiger charge is -2.21. The number of rotatable bonds is 68. The van der Waals surface area contributed by atoms with E-state index in [-0.39, 0.29) is 25.7 Å². The number of hydrogen-bond acceptors (Lipinski definition) is 15. The van der Waals surface area contributed by atoms with Gasteiger partial charge in [0, 0.05) is 19.3 Å². The fraction of sp³-hybridized carbons (Fsp3) is 0.605. The van der Waals surface area contributed by atoms with Gasteiger partial charge in [0.25, 0.3) is 0 Å². The fourth-order valence-corrected chi connectivity index (χ4v) is 10.7. The van der Waals surface area contributed by atoms with E-state index in [0.29, 0.717) is 25.7 Å². The van der Waals surface area contributed by atoms with E-state index in [1.54, 1.807) is 6.08 Å². The Morgan fingerprint density at radius 3 is 0.840 bits per heavy atom. The molecular formula is C81H130O17P2. The highest BCUT2D eigenvalue weighted by atomic mass is 31.2. The van der Waals surface area contributed by atoms with E-state index in [1.807, 2.05) is 18.2 Å². The first-order valence-electron chi connectivity index (χ1n) is 37.4. The van der Waals surface area contributed by atoms with E-state index in [4.69, 9.17) is 37.0 Å². The van der Waals surface area contributed by atoms with Crippen molar-refractivity contribution < 1.29 is 80.2 Å². The molecule has 566 valence electrons. The van der Waals surface area contributed by atoms with Crippen LogP contribution in [0.4, 0.5) is 0 Å². The topological polar surface area (TPSA) is 237 Å². The molecule has 0 saturated carbocycles. The van der Waals surface area contributed by atoms with Gasteiger partial charge < -0.3 is 33.8 Å². The van der Waals surface area contributed by atoms with Gasteiger partial charge in [0.2, 0.25) is 0 Å². The van der Waals surface area contributed by atoms with Gasteiger partial charge in [0.15, 0.2) is 12.2 Å². The molecule has 0 saturated heterocycles. The molecule has 0 rings (SSSR count). The van der Waals surface area contributed by atoms with Crippen molar-refractivity contribution in [3.05, 3.63) is 170 Å². The van der Waals surface area contributed by atoms with Crippen LogP contribution in [-0.4, -0.2) is 96.7 Å². The molecular weight excluding hydrogens is 1310 g/mol. The molecule has 5 unspecified atom stereocenters. The first kappa shape index (κ1) is 94.4. The maximum Gasteiger partial charge on any atom is 0.472 e. The quantitative estimate of drug-likeness (QED) is 0.0169. The predicted molar refractivity (Wildman–Crippen MR) is 408 cm³/mol. The summed E-state index contributed by atoms with van der Waals surface area (Å²) >= 11 is 0. The van der Waals surface area contributed by atoms with Crippen LogP contribution in [0.25, 0.3) is 0 Å². The molecule has 0 aromatic rings. The van der Waals surface area contributed by atoms with Crippen molar-refractivity contribution in [3.8, 4) is 0 Å². The lowest BCUT2D eigenvalue weighted by Crippen LogP contribution is -2.30. The zero-order valence-corrected chi connectivity index (χ0v) is 63.3. The number of ether oxygens (including phenoxy) is 4. The first-order valence-corrected chi connectivity index (χ1v) is 40.4. The van der Waals surface area contributed by atoms with Gasteiger partial charge in [-0.05, 0) is 148 Å². The highest BCUT2D eigenvalue weighted by Gasteiger charge is 2.30. The van der Waals surface area contributed by atoms with Crippen LogP contribution in [0.15, 0.2) is 170 Å². The largest absolute Gasteiger partial charge is 0.472 e. The van der Waals surface area contributed by atoms with Gasteiger partial charge in [-0.2, -0.15) is 0 Å². The third-order valence-electron chi connectivity index (χ3n) is 14.7. The van der Waals surface area contributed by atoms with E-state index in [2.05, 4.69) is 174 Å². The van der Waals surface area contributed by atoms with E-state index < -0.39 is 97.5 Å². The van der Waals surface area contributed by atoms with E-state index in [0.717, 1.165) is 180 Å². The SMILES string of the molecule is CC/C=C\C/C=C\C/C=C\C/C=C\C/C=C\CC(=O)OCC(COP(=O)(O)OCC(O)COP(=O)(O)OCC(COC(=O)CCCCCCC/C=C\C/C=C\C/C=C\CC)OC(=O)CCCCCCC/C=C\C/C=C\C/C=C\CC)OC(=O)CCCCCCC/C=C\C/C=C\C/C=C\CC. The van der Waals surface area contributed by atoms with Crippen LogP contribution in [0, 0.1) is 0 Å². The summed E-state index contributed by atoms with van der Waals surface area (Å²) in [5, 5.41) is 10.6. The number of hydrogen-bond donors (Lipinski definition) is 3. The summed E-state index contributed by atoms with van der Waals surface area (Å²) in [6.07, 6.45) is 83.8. The standard InChI is InChI=1S/C81H130O17P2/c1-5-9-13-17-21-25-29-33-37-41-45-49-53-57-61-65-78(83)91-71-76(97-80(85)67-63-59-55-51-47-43-39-35-31-27-23-19-15-11-7-3)73-95-99(87,88)93-69-75(82)70-94-100(89,90)96-74-77(98-81(86)68-64-60-56-52-48-44-40-36-32-28-24-20-16-12-8-4)72-92-79(84)66-62-58-54-50-46-42-38-34-30-26-22-18-14-10-6-2/h9-16,21-28,33-40,45,49,57,61,75-77,82H,5-8,17-20,29-32,41-44,46-48,50-56,58-60,62-74H2,1-4H3,(H,87,88)(H,89,90)/b13-9-,14-10-,15-11-,16-12-,25-21-,26-22-,27-23-,28-24-,37-33-,38-34-,39-35-,40-36-,49-45-,61-57-. The zero-order valence-electron chi connectivity index (χ0n) is 61.5. The molecule has 0 heterocycles. The number of phosphoric ester groups is 2. The van der Waals surface area contributed by atoms with Crippen LogP contribution >= 0.6 is 15.6 Å². The molecule has 0 aliphatic heterocycles. The Hall–Kier alpha value is -5.58. The van der Waals surface area contributed by atoms with Crippen molar-refractivity contribution in [1.29, 1.82) is 0 Å². The van der Waals surface area contributed by atoms with Crippen LogP contribution in [0.2, 0.25) is 0 Å². The molecule has 0 bridgehead atoms. The normalized spacial score (nSPS) is 14.9. The summed E-state index contributed by atoms with van der Waals surface area (Å²) < 4.78 is 68.3. The molecule has 0 spiro atoms. The minimum absolute atomic E-state index is 0.0493. The molecule has 100 heavy (non-hydrogen) atoms. The van der Waals surface area contributed by atoms with E-state index in [1.165, 1.54) is 0 Å². The van der Waals surface area contributed by atoms with Gasteiger partial charge in [0.1, 0.15) is 19.3 Å². The maximum absolute atomic E-state index is 13.1. The molecule has 0 radical (unpaired) electrons. The Kier molecular flexibility index (Phi) is 67.8. The summed E-state index contributed by atoms with van der Waals surface area (Å²) in [6.45, 7) is 4.21. The van der Waals surface area contributed by atoms with Crippen molar-refractivity contribution in [2.45, 2.75) is 277 Å². The van der Waals surface area contributed by atoms with Crippen LogP contribution < -0.4 is 0 Å². The monoisotopic (exact) mass is 1440 g/mol. The number of unbranched alkanes of at least 4 members (excludes halogenated alkanes) is 15. The lowest BCUT2D eigenvalue weighted by atomic mass is 10.1.